The van der Waals surface area contributed by atoms with Crippen molar-refractivity contribution in [3.8, 4) is 0 Å². The van der Waals surface area contributed by atoms with Crippen molar-refractivity contribution in [1.82, 2.24) is 4.90 Å². The molecule has 0 aliphatic carbocycles. The fourth-order valence-electron chi connectivity index (χ4n) is 1.83. The van der Waals surface area contributed by atoms with Crippen LogP contribution in [0.5, 0.6) is 0 Å². The SMILES string of the molecule is C=C1CC(C)C(=O)N1CCOCCOCC(C)=O. The molecule has 18 heavy (non-hydrogen) atoms. The number of carbonyl (C=O) groups is 2. The maximum Gasteiger partial charge on any atom is 0.230 e. The number of hydrogen-bond donors (Lipinski definition) is 0. The zero-order chi connectivity index (χ0) is 13.5. The molecule has 0 aromatic heterocycles. The van der Waals surface area contributed by atoms with Crippen molar-refractivity contribution in [3.05, 3.63) is 12.3 Å². The Morgan fingerprint density at radius 2 is 2.06 bits per heavy atom. The quantitative estimate of drug-likeness (QED) is 0.607. The van der Waals surface area contributed by atoms with E-state index in [0.29, 0.717) is 26.4 Å². The second-order valence-corrected chi connectivity index (χ2v) is 4.53. The lowest BCUT2D eigenvalue weighted by atomic mass is 10.1. The average Bonchev–Trinajstić information content (AvgIpc) is 2.53. The van der Waals surface area contributed by atoms with E-state index in [2.05, 4.69) is 6.58 Å². The van der Waals surface area contributed by atoms with Crippen molar-refractivity contribution in [1.29, 1.82) is 0 Å². The number of ketones is 1. The summed E-state index contributed by atoms with van der Waals surface area (Å²) in [6, 6.07) is 0. The van der Waals surface area contributed by atoms with Gasteiger partial charge in [-0.2, -0.15) is 0 Å². The number of nitrogens with zero attached hydrogens (tertiary/aromatic N) is 1. The monoisotopic (exact) mass is 255 g/mol. The van der Waals surface area contributed by atoms with Gasteiger partial charge in [0.1, 0.15) is 6.61 Å². The first-order chi connectivity index (χ1) is 8.52. The van der Waals surface area contributed by atoms with Gasteiger partial charge >= 0.3 is 0 Å². The van der Waals surface area contributed by atoms with Crippen LogP contribution >= 0.6 is 0 Å². The van der Waals surface area contributed by atoms with Crippen LogP contribution in [0.1, 0.15) is 20.3 Å². The Hall–Kier alpha value is -1.20. The second kappa shape index (κ2) is 7.28. The molecule has 1 rings (SSSR count). The molecular weight excluding hydrogens is 234 g/mol. The Labute approximate surface area is 108 Å². The summed E-state index contributed by atoms with van der Waals surface area (Å²) in [4.78, 5) is 24.0. The van der Waals surface area contributed by atoms with Crippen molar-refractivity contribution < 1.29 is 19.1 Å². The first-order valence-electron chi connectivity index (χ1n) is 6.16. The third-order valence-corrected chi connectivity index (χ3v) is 2.75. The van der Waals surface area contributed by atoms with E-state index < -0.39 is 0 Å². The van der Waals surface area contributed by atoms with E-state index in [0.717, 1.165) is 12.1 Å². The summed E-state index contributed by atoms with van der Waals surface area (Å²) in [6.45, 7) is 9.20. The summed E-state index contributed by atoms with van der Waals surface area (Å²) in [7, 11) is 0. The van der Waals surface area contributed by atoms with Crippen molar-refractivity contribution in [2.24, 2.45) is 5.92 Å². The highest BCUT2D eigenvalue weighted by Crippen LogP contribution is 2.25. The predicted octanol–water partition coefficient (Wildman–Crippen LogP) is 0.991. The molecule has 0 aromatic rings. The number of Topliss-reactive ketones (excluding diaryl/α,β-unsaturated/α-hetero) is 1. The molecule has 1 atom stereocenters. The molecule has 1 fully saturated rings. The van der Waals surface area contributed by atoms with Crippen LogP contribution in [0.2, 0.25) is 0 Å². The van der Waals surface area contributed by atoms with E-state index in [4.69, 9.17) is 9.47 Å². The minimum Gasteiger partial charge on any atom is -0.377 e. The molecule has 0 bridgehead atoms. The van der Waals surface area contributed by atoms with Gasteiger partial charge in [-0.25, -0.2) is 0 Å². The van der Waals surface area contributed by atoms with Crippen molar-refractivity contribution >= 4 is 11.7 Å². The number of rotatable bonds is 8. The lowest BCUT2D eigenvalue weighted by Crippen LogP contribution is -2.29. The van der Waals surface area contributed by atoms with Gasteiger partial charge in [0.25, 0.3) is 0 Å². The van der Waals surface area contributed by atoms with Crippen LogP contribution in [0.15, 0.2) is 12.3 Å². The van der Waals surface area contributed by atoms with Gasteiger partial charge in [0.15, 0.2) is 5.78 Å². The summed E-state index contributed by atoms with van der Waals surface area (Å²) in [5, 5.41) is 0. The Morgan fingerprint density at radius 1 is 1.39 bits per heavy atom. The topological polar surface area (TPSA) is 55.8 Å². The van der Waals surface area contributed by atoms with Crippen LogP contribution in [0.3, 0.4) is 0 Å². The zero-order valence-corrected chi connectivity index (χ0v) is 11.1. The Balaban J connectivity index is 2.06. The summed E-state index contributed by atoms with van der Waals surface area (Å²) >= 11 is 0. The van der Waals surface area contributed by atoms with Gasteiger partial charge in [-0.3, -0.25) is 9.59 Å². The molecule has 5 nitrogen and oxygen atoms in total. The van der Waals surface area contributed by atoms with Gasteiger partial charge in [0.05, 0.1) is 19.8 Å². The molecular formula is C13H21NO4. The summed E-state index contributed by atoms with van der Waals surface area (Å²) in [5.41, 5.74) is 0.865. The minimum atomic E-state index is 0.00273. The van der Waals surface area contributed by atoms with Crippen molar-refractivity contribution in [3.63, 3.8) is 0 Å². The van der Waals surface area contributed by atoms with Crippen molar-refractivity contribution in [2.75, 3.05) is 33.0 Å². The van der Waals surface area contributed by atoms with E-state index in [1.807, 2.05) is 6.92 Å². The highest BCUT2D eigenvalue weighted by molar-refractivity contribution is 5.83. The number of ether oxygens (including phenoxy) is 2. The third-order valence-electron chi connectivity index (χ3n) is 2.75. The van der Waals surface area contributed by atoms with Crippen LogP contribution in [-0.4, -0.2) is 49.6 Å². The van der Waals surface area contributed by atoms with Gasteiger partial charge in [-0.1, -0.05) is 13.5 Å². The molecule has 1 heterocycles. The molecule has 0 aromatic carbocycles. The molecule has 0 radical (unpaired) electrons. The first kappa shape index (κ1) is 14.9. The van der Waals surface area contributed by atoms with E-state index in [1.165, 1.54) is 6.92 Å². The minimum absolute atomic E-state index is 0.00273. The maximum absolute atomic E-state index is 11.7. The molecule has 0 N–H and O–H groups in total. The summed E-state index contributed by atoms with van der Waals surface area (Å²) < 4.78 is 10.4. The molecule has 102 valence electrons. The van der Waals surface area contributed by atoms with Gasteiger partial charge in [-0.05, 0) is 13.3 Å². The van der Waals surface area contributed by atoms with Crippen LogP contribution in [0, 0.1) is 5.92 Å². The molecule has 1 saturated heterocycles. The Bertz CT molecular complexity index is 327. The largest absolute Gasteiger partial charge is 0.377 e. The third kappa shape index (κ3) is 4.58. The smallest absolute Gasteiger partial charge is 0.230 e. The number of hydrogen-bond acceptors (Lipinski definition) is 4. The van der Waals surface area contributed by atoms with E-state index in [1.54, 1.807) is 4.90 Å². The fourth-order valence-corrected chi connectivity index (χ4v) is 1.83. The lowest BCUT2D eigenvalue weighted by molar-refractivity contribution is -0.130. The Morgan fingerprint density at radius 3 is 2.61 bits per heavy atom. The summed E-state index contributed by atoms with van der Waals surface area (Å²) in [5.74, 6) is 0.163. The highest BCUT2D eigenvalue weighted by Gasteiger charge is 2.30. The Kier molecular flexibility index (Phi) is 6.01. The predicted molar refractivity (Wildman–Crippen MR) is 67.0 cm³/mol. The number of amides is 1. The van der Waals surface area contributed by atoms with E-state index >= 15 is 0 Å². The normalized spacial score (nSPS) is 19.7. The summed E-state index contributed by atoms with van der Waals surface area (Å²) in [6.07, 6.45) is 0.737. The number of allylic oxidation sites excluding steroid dienone is 1. The maximum atomic E-state index is 11.7. The molecule has 0 saturated carbocycles. The fraction of sp³-hybridized carbons (Fsp3) is 0.692. The lowest BCUT2D eigenvalue weighted by Gasteiger charge is -2.17. The van der Waals surface area contributed by atoms with Crippen LogP contribution in [-0.2, 0) is 19.1 Å². The van der Waals surface area contributed by atoms with E-state index in [9.17, 15) is 9.59 Å². The first-order valence-corrected chi connectivity index (χ1v) is 6.16. The van der Waals surface area contributed by atoms with Crippen LogP contribution in [0.25, 0.3) is 0 Å². The van der Waals surface area contributed by atoms with E-state index in [-0.39, 0.29) is 24.2 Å². The highest BCUT2D eigenvalue weighted by atomic mass is 16.5. The molecule has 1 unspecified atom stereocenters. The molecule has 1 aliphatic rings. The number of carbonyl (C=O) groups excluding carboxylic acids is 2. The van der Waals surface area contributed by atoms with Crippen molar-refractivity contribution in [2.45, 2.75) is 20.3 Å². The van der Waals surface area contributed by atoms with Crippen LogP contribution < -0.4 is 0 Å². The van der Waals surface area contributed by atoms with Gasteiger partial charge in [-0.15, -0.1) is 0 Å². The zero-order valence-electron chi connectivity index (χ0n) is 11.1. The van der Waals surface area contributed by atoms with Crippen LogP contribution in [0.4, 0.5) is 0 Å². The second-order valence-electron chi connectivity index (χ2n) is 4.53. The van der Waals surface area contributed by atoms with Gasteiger partial charge < -0.3 is 14.4 Å². The molecule has 0 spiro atoms. The molecule has 1 amide bonds. The molecule has 1 aliphatic heterocycles. The molecule has 5 heteroatoms. The number of likely N-dealkylation sites (tertiary alicyclic amines) is 1. The average molecular weight is 255 g/mol. The van der Waals surface area contributed by atoms with Gasteiger partial charge in [0.2, 0.25) is 5.91 Å². The standard InChI is InChI=1S/C13H21NO4/c1-10-8-11(2)14(13(10)16)4-5-17-6-7-18-9-12(3)15/h10H,2,4-9H2,1,3H3. The van der Waals surface area contributed by atoms with Gasteiger partial charge in [0, 0.05) is 18.2 Å².